The number of anilines is 2. The maximum Gasteiger partial charge on any atom is 0.414 e. The topological polar surface area (TPSA) is 68.3 Å². The van der Waals surface area contributed by atoms with Gasteiger partial charge < -0.3 is 19.1 Å². The number of carbonyl (C=O) groups is 2. The summed E-state index contributed by atoms with van der Waals surface area (Å²) < 4.78 is 45.0. The lowest BCUT2D eigenvalue weighted by Gasteiger charge is -2.37. The van der Waals surface area contributed by atoms with Crippen molar-refractivity contribution in [3.63, 3.8) is 0 Å². The number of hydrogen-bond acceptors (Lipinski definition) is 6. The van der Waals surface area contributed by atoms with Crippen LogP contribution < -0.4 is 9.80 Å². The molecule has 0 saturated carbocycles. The lowest BCUT2D eigenvalue weighted by atomic mass is 10.1. The maximum atomic E-state index is 14.9. The number of morpholine rings is 1. The van der Waals surface area contributed by atoms with E-state index in [1.165, 1.54) is 12.0 Å². The first kappa shape index (κ1) is 18.9. The molecule has 7 nitrogen and oxygen atoms in total. The lowest BCUT2D eigenvalue weighted by Crippen LogP contribution is -2.46. The number of methoxy groups -OCH3 is 1. The number of halogens is 2. The molecule has 0 aromatic heterocycles. The molecule has 0 aliphatic carbocycles. The lowest BCUT2D eigenvalue weighted by molar-refractivity contribution is -0.141. The molecule has 9 heteroatoms. The Balaban J connectivity index is 1.52. The quantitative estimate of drug-likeness (QED) is 0.713. The van der Waals surface area contributed by atoms with Gasteiger partial charge in [0.25, 0.3) is 0 Å². The van der Waals surface area contributed by atoms with E-state index >= 15 is 0 Å². The molecule has 3 heterocycles. The van der Waals surface area contributed by atoms with E-state index in [4.69, 9.17) is 9.47 Å². The van der Waals surface area contributed by atoms with E-state index in [1.807, 2.05) is 0 Å². The van der Waals surface area contributed by atoms with Crippen LogP contribution in [0.2, 0.25) is 0 Å². The van der Waals surface area contributed by atoms with Crippen molar-refractivity contribution >= 4 is 23.4 Å². The molecule has 1 aromatic carbocycles. The first-order chi connectivity index (χ1) is 13.5. The second kappa shape index (κ2) is 7.54. The number of esters is 1. The van der Waals surface area contributed by atoms with E-state index in [0.29, 0.717) is 13.2 Å². The van der Waals surface area contributed by atoms with Crippen LogP contribution in [0.15, 0.2) is 12.1 Å². The van der Waals surface area contributed by atoms with Gasteiger partial charge >= 0.3 is 12.1 Å². The number of amides is 1. The molecule has 0 radical (unpaired) electrons. The van der Waals surface area contributed by atoms with Gasteiger partial charge in [0.2, 0.25) is 0 Å². The fraction of sp³-hybridized carbons (Fsp3) is 0.579. The summed E-state index contributed by atoms with van der Waals surface area (Å²) in [4.78, 5) is 26.3. The molecule has 28 heavy (non-hydrogen) atoms. The Kier molecular flexibility index (Phi) is 5.09. The van der Waals surface area contributed by atoms with Gasteiger partial charge in [-0.1, -0.05) is 0 Å². The predicted octanol–water partition coefficient (Wildman–Crippen LogP) is 2.61. The number of nitrogens with zero attached hydrogens (tertiary/aromatic N) is 2. The summed E-state index contributed by atoms with van der Waals surface area (Å²) in [7, 11) is 1.28. The van der Waals surface area contributed by atoms with Crippen LogP contribution in [0.4, 0.5) is 25.0 Å². The Morgan fingerprint density at radius 1 is 1.21 bits per heavy atom. The molecule has 0 N–H and O–H groups in total. The molecule has 2 bridgehead atoms. The van der Waals surface area contributed by atoms with Gasteiger partial charge in [0.05, 0.1) is 44.6 Å². The SMILES string of the molecule is COC(=O)CC[C@H]1CN(c2cc(F)c(N3C4CCC3COC4)c(F)c2)C(=O)O1. The number of rotatable bonds is 5. The van der Waals surface area contributed by atoms with Crippen LogP contribution in [0.25, 0.3) is 0 Å². The van der Waals surface area contributed by atoms with Gasteiger partial charge in [-0.3, -0.25) is 9.69 Å². The Hall–Kier alpha value is -2.42. The van der Waals surface area contributed by atoms with Crippen molar-refractivity contribution in [3.8, 4) is 0 Å². The van der Waals surface area contributed by atoms with Gasteiger partial charge in [-0.2, -0.15) is 0 Å². The van der Waals surface area contributed by atoms with Crippen molar-refractivity contribution in [1.82, 2.24) is 0 Å². The van der Waals surface area contributed by atoms with E-state index in [9.17, 15) is 18.4 Å². The summed E-state index contributed by atoms with van der Waals surface area (Å²) >= 11 is 0. The van der Waals surface area contributed by atoms with E-state index in [2.05, 4.69) is 4.74 Å². The normalized spacial score (nSPS) is 26.5. The molecule has 1 amide bonds. The number of benzene rings is 1. The average Bonchev–Trinajstić information content (AvgIpc) is 3.14. The molecular weight excluding hydrogens is 374 g/mol. The monoisotopic (exact) mass is 396 g/mol. The summed E-state index contributed by atoms with van der Waals surface area (Å²) in [5.74, 6) is -1.82. The Morgan fingerprint density at radius 3 is 2.46 bits per heavy atom. The van der Waals surface area contributed by atoms with Crippen LogP contribution in [0.3, 0.4) is 0 Å². The van der Waals surface area contributed by atoms with E-state index in [0.717, 1.165) is 25.0 Å². The number of hydrogen-bond donors (Lipinski definition) is 0. The van der Waals surface area contributed by atoms with E-state index in [1.54, 1.807) is 4.90 Å². The molecule has 2 unspecified atom stereocenters. The Labute approximate surface area is 161 Å². The molecule has 3 saturated heterocycles. The molecule has 1 aromatic rings. The highest BCUT2D eigenvalue weighted by atomic mass is 19.1. The van der Waals surface area contributed by atoms with Crippen molar-refractivity contribution in [2.24, 2.45) is 0 Å². The zero-order valence-electron chi connectivity index (χ0n) is 15.5. The minimum atomic E-state index is -0.709. The molecular formula is C19H22F2N2O5. The zero-order valence-corrected chi connectivity index (χ0v) is 15.5. The van der Waals surface area contributed by atoms with Crippen LogP contribution >= 0.6 is 0 Å². The summed E-state index contributed by atoms with van der Waals surface area (Å²) in [5.41, 5.74) is 0.0410. The smallest absolute Gasteiger partial charge is 0.414 e. The highest BCUT2D eigenvalue weighted by molar-refractivity contribution is 5.90. The highest BCUT2D eigenvalue weighted by Gasteiger charge is 2.41. The van der Waals surface area contributed by atoms with Crippen LogP contribution in [0, 0.1) is 11.6 Å². The third-order valence-electron chi connectivity index (χ3n) is 5.58. The summed E-state index contributed by atoms with van der Waals surface area (Å²) in [5, 5.41) is 0. The fourth-order valence-electron chi connectivity index (χ4n) is 4.21. The number of carbonyl (C=O) groups excluding carboxylic acids is 2. The molecule has 0 spiro atoms. The second-order valence-electron chi connectivity index (χ2n) is 7.32. The zero-order chi connectivity index (χ0) is 19.8. The first-order valence-corrected chi connectivity index (χ1v) is 9.38. The van der Waals surface area contributed by atoms with E-state index < -0.39 is 29.8 Å². The van der Waals surface area contributed by atoms with Gasteiger partial charge in [-0.15, -0.1) is 0 Å². The van der Waals surface area contributed by atoms with Crippen molar-refractivity contribution in [2.75, 3.05) is 36.7 Å². The van der Waals surface area contributed by atoms with Crippen LogP contribution in [-0.4, -0.2) is 57.1 Å². The minimum absolute atomic E-state index is 0.0342. The average molecular weight is 396 g/mol. The van der Waals surface area contributed by atoms with Crippen molar-refractivity contribution < 1.29 is 32.6 Å². The maximum absolute atomic E-state index is 14.9. The van der Waals surface area contributed by atoms with Gasteiger partial charge in [-0.25, -0.2) is 13.6 Å². The summed E-state index contributed by atoms with van der Waals surface area (Å²) in [6, 6.07) is 2.26. The van der Waals surface area contributed by atoms with E-state index in [-0.39, 0.29) is 42.8 Å². The molecule has 3 aliphatic heterocycles. The number of ether oxygens (including phenoxy) is 3. The molecule has 152 valence electrons. The minimum Gasteiger partial charge on any atom is -0.469 e. The van der Waals surface area contributed by atoms with Crippen molar-refractivity contribution in [2.45, 2.75) is 43.9 Å². The molecule has 3 fully saturated rings. The summed E-state index contributed by atoms with van der Waals surface area (Å²) in [6.07, 6.45) is 0.844. The fourth-order valence-corrected chi connectivity index (χ4v) is 4.21. The third-order valence-corrected chi connectivity index (χ3v) is 5.58. The highest BCUT2D eigenvalue weighted by Crippen LogP contribution is 2.39. The van der Waals surface area contributed by atoms with Gasteiger partial charge in [0.15, 0.2) is 11.6 Å². The van der Waals surface area contributed by atoms with Crippen LogP contribution in [-0.2, 0) is 19.0 Å². The molecule has 3 atom stereocenters. The second-order valence-corrected chi connectivity index (χ2v) is 7.32. The molecule has 3 aliphatic rings. The van der Waals surface area contributed by atoms with Gasteiger partial charge in [0.1, 0.15) is 11.8 Å². The van der Waals surface area contributed by atoms with Crippen molar-refractivity contribution in [3.05, 3.63) is 23.8 Å². The van der Waals surface area contributed by atoms with Gasteiger partial charge in [0, 0.05) is 18.6 Å². The summed E-state index contributed by atoms with van der Waals surface area (Å²) in [6.45, 7) is 1.03. The van der Waals surface area contributed by atoms with Crippen LogP contribution in [0.5, 0.6) is 0 Å². The third kappa shape index (κ3) is 3.39. The number of cyclic esters (lactones) is 1. The van der Waals surface area contributed by atoms with Gasteiger partial charge in [-0.05, 0) is 19.3 Å². The van der Waals surface area contributed by atoms with Crippen LogP contribution in [0.1, 0.15) is 25.7 Å². The Morgan fingerprint density at radius 2 is 1.86 bits per heavy atom. The standard InChI is InChI=1S/C19H22F2N2O5/c1-26-17(24)5-4-14-8-22(19(25)28-14)13-6-15(20)18(16(21)7-13)23-11-2-3-12(23)10-27-9-11/h6-7,11-12,14H,2-5,8-10H2,1H3/t11?,12?,14-/m0/s1. The number of fused-ring (bicyclic) bond motifs is 2. The first-order valence-electron chi connectivity index (χ1n) is 9.38. The largest absolute Gasteiger partial charge is 0.469 e. The molecule has 4 rings (SSSR count). The predicted molar refractivity (Wildman–Crippen MR) is 95.3 cm³/mol. The van der Waals surface area contributed by atoms with Crippen molar-refractivity contribution in [1.29, 1.82) is 0 Å². The Bertz CT molecular complexity index is 751.